The van der Waals surface area contributed by atoms with Crippen molar-refractivity contribution in [3.8, 4) is 0 Å². The molecule has 1 N–H and O–H groups in total. The van der Waals surface area contributed by atoms with Gasteiger partial charge in [0.2, 0.25) is 21.8 Å². The number of amides is 2. The Labute approximate surface area is 228 Å². The molecule has 0 heterocycles. The largest absolute Gasteiger partial charge is 0.352 e. The van der Waals surface area contributed by atoms with Crippen molar-refractivity contribution in [2.24, 2.45) is 0 Å². The molecule has 38 heavy (non-hydrogen) atoms. The summed E-state index contributed by atoms with van der Waals surface area (Å²) in [5, 5.41) is 3.16. The highest BCUT2D eigenvalue weighted by Gasteiger charge is 2.28. The van der Waals surface area contributed by atoms with E-state index in [1.807, 2.05) is 56.3 Å². The monoisotopic (exact) mass is 541 g/mol. The van der Waals surface area contributed by atoms with Crippen molar-refractivity contribution in [3.63, 3.8) is 0 Å². The van der Waals surface area contributed by atoms with Gasteiger partial charge < -0.3 is 10.2 Å². The Hall–Kier alpha value is -2.87. The zero-order chi connectivity index (χ0) is 27.7. The summed E-state index contributed by atoms with van der Waals surface area (Å²) in [6.45, 7) is 6.35. The van der Waals surface area contributed by atoms with E-state index in [0.29, 0.717) is 25.1 Å². The molecule has 8 heteroatoms. The van der Waals surface area contributed by atoms with Crippen molar-refractivity contribution < 1.29 is 18.0 Å². The van der Waals surface area contributed by atoms with Gasteiger partial charge in [0.1, 0.15) is 6.04 Å². The number of rotatable bonds is 12. The van der Waals surface area contributed by atoms with Gasteiger partial charge >= 0.3 is 0 Å². The van der Waals surface area contributed by atoms with Crippen LogP contribution in [0.3, 0.4) is 0 Å². The minimum Gasteiger partial charge on any atom is -0.352 e. The summed E-state index contributed by atoms with van der Waals surface area (Å²) in [6.07, 6.45) is 7.76. The topological polar surface area (TPSA) is 86.8 Å². The average Bonchev–Trinajstić information content (AvgIpc) is 2.89. The van der Waals surface area contributed by atoms with Crippen molar-refractivity contribution >= 4 is 27.5 Å². The summed E-state index contributed by atoms with van der Waals surface area (Å²) in [4.78, 5) is 28.2. The normalized spacial score (nSPS) is 15.1. The molecule has 7 nitrogen and oxygen atoms in total. The second-order valence-corrected chi connectivity index (χ2v) is 12.5. The molecule has 3 rings (SSSR count). The van der Waals surface area contributed by atoms with Crippen LogP contribution in [0, 0.1) is 13.8 Å². The van der Waals surface area contributed by atoms with E-state index in [-0.39, 0.29) is 30.8 Å². The first-order chi connectivity index (χ1) is 18.1. The molecular weight excluding hydrogens is 498 g/mol. The van der Waals surface area contributed by atoms with Gasteiger partial charge in [-0.25, -0.2) is 8.42 Å². The molecule has 208 valence electrons. The third kappa shape index (κ3) is 8.58. The number of anilines is 1. The summed E-state index contributed by atoms with van der Waals surface area (Å²) in [7, 11) is -3.51. The molecule has 1 aliphatic carbocycles. The maximum Gasteiger partial charge on any atom is 0.242 e. The molecule has 2 amide bonds. The molecule has 0 spiro atoms. The Balaban J connectivity index is 1.68. The highest BCUT2D eigenvalue weighted by atomic mass is 32.2. The van der Waals surface area contributed by atoms with Gasteiger partial charge in [0.25, 0.3) is 0 Å². The number of nitrogens with zero attached hydrogens (tertiary/aromatic N) is 2. The van der Waals surface area contributed by atoms with Crippen LogP contribution in [0.5, 0.6) is 0 Å². The first-order valence-corrected chi connectivity index (χ1v) is 15.6. The smallest absolute Gasteiger partial charge is 0.242 e. The third-order valence-electron chi connectivity index (χ3n) is 7.53. The molecule has 2 aromatic rings. The van der Waals surface area contributed by atoms with Gasteiger partial charge in [0.15, 0.2) is 0 Å². The van der Waals surface area contributed by atoms with Crippen LogP contribution < -0.4 is 9.62 Å². The number of hydrogen-bond donors (Lipinski definition) is 1. The zero-order valence-corrected chi connectivity index (χ0v) is 24.1. The Morgan fingerprint density at radius 2 is 1.66 bits per heavy atom. The zero-order valence-electron chi connectivity index (χ0n) is 23.3. The van der Waals surface area contributed by atoms with Crippen molar-refractivity contribution in [2.45, 2.75) is 84.2 Å². The summed E-state index contributed by atoms with van der Waals surface area (Å²) in [5.41, 5.74) is 3.80. The lowest BCUT2D eigenvalue weighted by atomic mass is 9.95. The predicted molar refractivity (Wildman–Crippen MR) is 154 cm³/mol. The molecule has 1 saturated carbocycles. The van der Waals surface area contributed by atoms with Crippen LogP contribution in [0.15, 0.2) is 48.5 Å². The number of sulfonamides is 1. The van der Waals surface area contributed by atoms with Crippen LogP contribution in [0.1, 0.15) is 68.6 Å². The second kappa shape index (κ2) is 13.8. The molecule has 0 aliphatic heterocycles. The maximum absolute atomic E-state index is 13.4. The molecule has 2 aromatic carbocycles. The van der Waals surface area contributed by atoms with Gasteiger partial charge in [-0.2, -0.15) is 0 Å². The lowest BCUT2D eigenvalue weighted by Gasteiger charge is -2.31. The van der Waals surface area contributed by atoms with Crippen LogP contribution in [0.2, 0.25) is 0 Å². The number of hydrogen-bond acceptors (Lipinski definition) is 4. The molecule has 1 aliphatic rings. The molecule has 0 saturated heterocycles. The summed E-state index contributed by atoms with van der Waals surface area (Å²) in [5.74, 6) is -0.257. The lowest BCUT2D eigenvalue weighted by molar-refractivity contribution is -0.140. The fraction of sp³-hybridized carbons (Fsp3) is 0.533. The summed E-state index contributed by atoms with van der Waals surface area (Å²) in [6, 6.07) is 15.1. The molecule has 1 fully saturated rings. The minimum absolute atomic E-state index is 0.119. The highest BCUT2D eigenvalue weighted by molar-refractivity contribution is 7.92. The van der Waals surface area contributed by atoms with Gasteiger partial charge in [-0.15, -0.1) is 0 Å². The van der Waals surface area contributed by atoms with E-state index in [2.05, 4.69) is 5.32 Å². The average molecular weight is 542 g/mol. The van der Waals surface area contributed by atoms with Gasteiger partial charge in [-0.3, -0.25) is 13.9 Å². The van der Waals surface area contributed by atoms with Crippen molar-refractivity contribution in [1.82, 2.24) is 10.2 Å². The predicted octanol–water partition coefficient (Wildman–Crippen LogP) is 4.76. The molecule has 0 aromatic heterocycles. The first-order valence-electron chi connectivity index (χ1n) is 13.7. The van der Waals surface area contributed by atoms with E-state index in [1.165, 1.54) is 17.0 Å². The standard InChI is InChI=1S/C30H43N3O4S/c1-23-17-18-28(22-24(23)2)33(38(4,36)37)20-11-16-29(34)32(21-19-26-12-7-5-8-13-26)25(3)30(35)31-27-14-9-6-10-15-27/h5,7-8,12-13,17-18,22,25,27H,6,9-11,14-16,19-21H2,1-4H3,(H,31,35). The minimum atomic E-state index is -3.51. The SMILES string of the molecule is Cc1ccc(N(CCCC(=O)N(CCc2ccccc2)C(C)C(=O)NC2CCCCC2)S(C)(=O)=O)cc1C. The number of benzene rings is 2. The van der Waals surface area contributed by atoms with Gasteiger partial charge in [-0.05, 0) is 75.3 Å². The van der Waals surface area contributed by atoms with Crippen LogP contribution in [0.4, 0.5) is 5.69 Å². The van der Waals surface area contributed by atoms with Crippen molar-refractivity contribution in [1.29, 1.82) is 0 Å². The van der Waals surface area contributed by atoms with Gasteiger partial charge in [0, 0.05) is 25.6 Å². The molecule has 1 unspecified atom stereocenters. The number of carbonyl (C=O) groups excluding carboxylic acids is 2. The van der Waals surface area contributed by atoms with Crippen LogP contribution in [0.25, 0.3) is 0 Å². The van der Waals surface area contributed by atoms with E-state index in [4.69, 9.17) is 0 Å². The van der Waals surface area contributed by atoms with Gasteiger partial charge in [0.05, 0.1) is 11.9 Å². The van der Waals surface area contributed by atoms with Crippen molar-refractivity contribution in [3.05, 3.63) is 65.2 Å². The highest BCUT2D eigenvalue weighted by Crippen LogP contribution is 2.22. The second-order valence-electron chi connectivity index (χ2n) is 10.5. The molecular formula is C30H43N3O4S. The quantitative estimate of drug-likeness (QED) is 0.420. The Kier molecular flexibility index (Phi) is 10.8. The van der Waals surface area contributed by atoms with Crippen molar-refractivity contribution in [2.75, 3.05) is 23.7 Å². The maximum atomic E-state index is 13.4. The third-order valence-corrected chi connectivity index (χ3v) is 8.73. The van der Waals surface area contributed by atoms with Crippen LogP contribution in [-0.4, -0.2) is 56.6 Å². The van der Waals surface area contributed by atoms with E-state index in [1.54, 1.807) is 17.9 Å². The summed E-state index contributed by atoms with van der Waals surface area (Å²) < 4.78 is 26.5. The van der Waals surface area contributed by atoms with E-state index >= 15 is 0 Å². The first kappa shape index (κ1) is 29.7. The Bertz CT molecular complexity index is 1180. The molecule has 1 atom stereocenters. The van der Waals surface area contributed by atoms with E-state index in [9.17, 15) is 18.0 Å². The summed E-state index contributed by atoms with van der Waals surface area (Å²) >= 11 is 0. The number of nitrogens with one attached hydrogen (secondary N) is 1. The Morgan fingerprint density at radius 1 is 0.974 bits per heavy atom. The fourth-order valence-corrected chi connectivity index (χ4v) is 5.98. The molecule has 0 bridgehead atoms. The van der Waals surface area contributed by atoms with E-state index < -0.39 is 16.1 Å². The van der Waals surface area contributed by atoms with Gasteiger partial charge in [-0.1, -0.05) is 55.7 Å². The lowest BCUT2D eigenvalue weighted by Crippen LogP contribution is -2.51. The number of aryl methyl sites for hydroxylation is 2. The van der Waals surface area contributed by atoms with Crippen LogP contribution in [-0.2, 0) is 26.0 Å². The Morgan fingerprint density at radius 3 is 2.29 bits per heavy atom. The van der Waals surface area contributed by atoms with Crippen LogP contribution >= 0.6 is 0 Å². The molecule has 0 radical (unpaired) electrons. The fourth-order valence-electron chi connectivity index (χ4n) is 5.02. The number of carbonyl (C=O) groups is 2. The van der Waals surface area contributed by atoms with E-state index in [0.717, 1.165) is 42.4 Å².